The van der Waals surface area contributed by atoms with Crippen molar-refractivity contribution >= 4 is 34.5 Å². The zero-order valence-electron chi connectivity index (χ0n) is 19.3. The van der Waals surface area contributed by atoms with E-state index in [4.69, 9.17) is 9.97 Å². The summed E-state index contributed by atoms with van der Waals surface area (Å²) >= 11 is 0. The van der Waals surface area contributed by atoms with Gasteiger partial charge in [-0.2, -0.15) is 4.98 Å². The smallest absolute Gasteiger partial charge is 0.273 e. The third-order valence-corrected chi connectivity index (χ3v) is 6.54. The second-order valence-electron chi connectivity index (χ2n) is 8.93. The summed E-state index contributed by atoms with van der Waals surface area (Å²) in [6, 6.07) is 8.27. The number of amides is 2. The Bertz CT molecular complexity index is 1210. The molecule has 2 amide bonds. The van der Waals surface area contributed by atoms with Crippen LogP contribution in [0.15, 0.2) is 30.5 Å². The molecule has 0 aliphatic carbocycles. The van der Waals surface area contributed by atoms with Crippen LogP contribution >= 0.6 is 0 Å². The number of nitrogens with zero attached hydrogens (tertiary/aromatic N) is 5. The van der Waals surface area contributed by atoms with Crippen molar-refractivity contribution in [3.63, 3.8) is 0 Å². The van der Waals surface area contributed by atoms with Gasteiger partial charge in [-0.15, -0.1) is 0 Å². The Hall–Kier alpha value is -3.62. The summed E-state index contributed by atoms with van der Waals surface area (Å²) < 4.78 is 0. The van der Waals surface area contributed by atoms with Crippen molar-refractivity contribution in [3.8, 4) is 0 Å². The quantitative estimate of drug-likeness (QED) is 0.624. The molecule has 2 aliphatic rings. The Morgan fingerprint density at radius 1 is 1.15 bits per heavy atom. The second-order valence-corrected chi connectivity index (χ2v) is 8.93. The number of benzene rings is 1. The Labute approximate surface area is 192 Å². The summed E-state index contributed by atoms with van der Waals surface area (Å²) in [5.41, 5.74) is 3.55. The second kappa shape index (κ2) is 8.38. The van der Waals surface area contributed by atoms with E-state index in [1.807, 2.05) is 42.0 Å². The average Bonchev–Trinajstić information content (AvgIpc) is 3.39. The van der Waals surface area contributed by atoms with E-state index in [0.29, 0.717) is 56.7 Å². The van der Waals surface area contributed by atoms with Crippen molar-refractivity contribution in [2.24, 2.45) is 0 Å². The van der Waals surface area contributed by atoms with E-state index >= 15 is 0 Å². The molecule has 0 radical (unpaired) electrons. The lowest BCUT2D eigenvalue weighted by atomic mass is 10.1. The van der Waals surface area contributed by atoms with Gasteiger partial charge in [0.05, 0.1) is 6.54 Å². The third kappa shape index (κ3) is 3.88. The summed E-state index contributed by atoms with van der Waals surface area (Å²) in [5.74, 6) is 1.26. The van der Waals surface area contributed by atoms with Crippen molar-refractivity contribution in [1.29, 1.82) is 0 Å². The highest BCUT2D eigenvalue weighted by molar-refractivity contribution is 5.98. The van der Waals surface area contributed by atoms with Gasteiger partial charge in [0.25, 0.3) is 5.91 Å². The molecule has 9 heteroatoms. The molecule has 1 aromatic carbocycles. The van der Waals surface area contributed by atoms with Gasteiger partial charge in [0.1, 0.15) is 11.5 Å². The predicted octanol–water partition coefficient (Wildman–Crippen LogP) is 2.60. The normalized spacial score (nSPS) is 16.1. The standard InChI is InChI=1S/C24H29N7O2/c1-15(2)31-14-19-21(23(31)33)27-24(30-10-8-29(9-11-30)16(3)32)28-22(19)26-13-17-12-25-20-7-5-4-6-18(17)20/h4-7,12,15,25H,8-11,13-14H2,1-3H3,(H,26,27,28). The maximum atomic E-state index is 13.1. The highest BCUT2D eigenvalue weighted by atomic mass is 16.2. The summed E-state index contributed by atoms with van der Waals surface area (Å²) in [4.78, 5) is 43.4. The fourth-order valence-electron chi connectivity index (χ4n) is 4.56. The summed E-state index contributed by atoms with van der Waals surface area (Å²) in [6.07, 6.45) is 2.01. The molecule has 0 atom stereocenters. The van der Waals surface area contributed by atoms with Gasteiger partial charge in [0.15, 0.2) is 0 Å². The average molecular weight is 448 g/mol. The fourth-order valence-corrected chi connectivity index (χ4v) is 4.56. The number of piperazine rings is 1. The monoisotopic (exact) mass is 447 g/mol. The van der Waals surface area contributed by atoms with Crippen LogP contribution in [0.3, 0.4) is 0 Å². The van der Waals surface area contributed by atoms with E-state index in [0.717, 1.165) is 22.0 Å². The van der Waals surface area contributed by atoms with E-state index in [2.05, 4.69) is 27.3 Å². The van der Waals surface area contributed by atoms with Gasteiger partial charge in [-0.05, 0) is 25.5 Å². The van der Waals surface area contributed by atoms with Gasteiger partial charge < -0.3 is 25.0 Å². The molecular weight excluding hydrogens is 418 g/mol. The summed E-state index contributed by atoms with van der Waals surface area (Å²) in [7, 11) is 0. The van der Waals surface area contributed by atoms with Gasteiger partial charge >= 0.3 is 0 Å². The number of H-pyrrole nitrogens is 1. The molecule has 1 fully saturated rings. The minimum Gasteiger partial charge on any atom is -0.365 e. The van der Waals surface area contributed by atoms with Crippen LogP contribution in [-0.2, 0) is 17.9 Å². The highest BCUT2D eigenvalue weighted by Gasteiger charge is 2.35. The van der Waals surface area contributed by atoms with Crippen molar-refractivity contribution in [3.05, 3.63) is 47.3 Å². The van der Waals surface area contributed by atoms with E-state index in [9.17, 15) is 9.59 Å². The first-order valence-electron chi connectivity index (χ1n) is 11.4. The molecule has 5 rings (SSSR count). The van der Waals surface area contributed by atoms with E-state index < -0.39 is 0 Å². The Kier molecular flexibility index (Phi) is 5.39. The first-order valence-corrected chi connectivity index (χ1v) is 11.4. The molecule has 0 unspecified atom stereocenters. The van der Waals surface area contributed by atoms with Crippen LogP contribution in [0.25, 0.3) is 10.9 Å². The molecule has 0 spiro atoms. The highest BCUT2D eigenvalue weighted by Crippen LogP contribution is 2.31. The van der Waals surface area contributed by atoms with Crippen molar-refractivity contribution in [1.82, 2.24) is 24.8 Å². The molecule has 3 aromatic rings. The third-order valence-electron chi connectivity index (χ3n) is 6.54. The van der Waals surface area contributed by atoms with Gasteiger partial charge in [0.2, 0.25) is 11.9 Å². The number of aromatic nitrogens is 3. The number of carbonyl (C=O) groups is 2. The van der Waals surface area contributed by atoms with E-state index in [-0.39, 0.29) is 17.9 Å². The maximum Gasteiger partial charge on any atom is 0.273 e. The SMILES string of the molecule is CC(=O)N1CCN(c2nc(NCc3c[nH]c4ccccc34)c3c(n2)C(=O)N(C(C)C)C3)CC1. The number of para-hydroxylation sites is 1. The van der Waals surface area contributed by atoms with Crippen LogP contribution in [0.4, 0.5) is 11.8 Å². The molecule has 2 aromatic heterocycles. The van der Waals surface area contributed by atoms with E-state index in [1.165, 1.54) is 0 Å². The Morgan fingerprint density at radius 2 is 1.91 bits per heavy atom. The first kappa shape index (κ1) is 21.2. The van der Waals surface area contributed by atoms with Gasteiger partial charge in [-0.1, -0.05) is 18.2 Å². The predicted molar refractivity (Wildman–Crippen MR) is 127 cm³/mol. The summed E-state index contributed by atoms with van der Waals surface area (Å²) in [5, 5.41) is 4.65. The number of hydrogen-bond acceptors (Lipinski definition) is 6. The van der Waals surface area contributed by atoms with E-state index in [1.54, 1.807) is 6.92 Å². The van der Waals surface area contributed by atoms with Crippen LogP contribution < -0.4 is 10.2 Å². The number of anilines is 2. The number of rotatable bonds is 5. The lowest BCUT2D eigenvalue weighted by Gasteiger charge is -2.34. The molecule has 9 nitrogen and oxygen atoms in total. The largest absolute Gasteiger partial charge is 0.365 e. The van der Waals surface area contributed by atoms with Crippen LogP contribution in [0, 0.1) is 0 Å². The van der Waals surface area contributed by atoms with Crippen molar-refractivity contribution in [2.75, 3.05) is 36.4 Å². The molecule has 0 saturated carbocycles. The fraction of sp³-hybridized carbons (Fsp3) is 0.417. The van der Waals surface area contributed by atoms with Gasteiger partial charge in [-0.25, -0.2) is 4.98 Å². The maximum absolute atomic E-state index is 13.1. The Morgan fingerprint density at radius 3 is 2.64 bits per heavy atom. The van der Waals surface area contributed by atoms with Crippen LogP contribution in [0.1, 0.15) is 42.4 Å². The number of hydrogen-bond donors (Lipinski definition) is 2. The number of aromatic amines is 1. The minimum absolute atomic E-state index is 0.0545. The molecule has 1 saturated heterocycles. The van der Waals surface area contributed by atoms with Crippen LogP contribution in [0.5, 0.6) is 0 Å². The topological polar surface area (TPSA) is 97.5 Å². The molecule has 2 aliphatic heterocycles. The van der Waals surface area contributed by atoms with Crippen molar-refractivity contribution < 1.29 is 9.59 Å². The van der Waals surface area contributed by atoms with Gasteiger partial charge in [0, 0.05) is 68.4 Å². The molecule has 172 valence electrons. The molecule has 4 heterocycles. The lowest BCUT2D eigenvalue weighted by molar-refractivity contribution is -0.129. The first-order chi connectivity index (χ1) is 15.9. The number of fused-ring (bicyclic) bond motifs is 2. The van der Waals surface area contributed by atoms with Crippen LogP contribution in [0.2, 0.25) is 0 Å². The molecule has 0 bridgehead atoms. The van der Waals surface area contributed by atoms with Crippen LogP contribution in [-0.4, -0.2) is 68.8 Å². The minimum atomic E-state index is -0.0545. The summed E-state index contributed by atoms with van der Waals surface area (Å²) in [6.45, 7) is 9.23. The van der Waals surface area contributed by atoms with Crippen molar-refractivity contribution in [2.45, 2.75) is 39.9 Å². The zero-order chi connectivity index (χ0) is 23.1. The molecule has 2 N–H and O–H groups in total. The lowest BCUT2D eigenvalue weighted by Crippen LogP contribution is -2.48. The number of nitrogens with one attached hydrogen (secondary N) is 2. The molecular formula is C24H29N7O2. The zero-order valence-corrected chi connectivity index (χ0v) is 19.3. The molecule has 33 heavy (non-hydrogen) atoms. The Balaban J connectivity index is 1.45. The van der Waals surface area contributed by atoms with Gasteiger partial charge in [-0.3, -0.25) is 9.59 Å². The number of carbonyl (C=O) groups excluding carboxylic acids is 2.